The lowest BCUT2D eigenvalue weighted by Gasteiger charge is -2.12. The first-order valence-corrected chi connectivity index (χ1v) is 16.2. The van der Waals surface area contributed by atoms with Crippen LogP contribution in [0.4, 0.5) is 0 Å². The molecule has 0 bridgehead atoms. The number of fused-ring (bicyclic) bond motifs is 6. The summed E-state index contributed by atoms with van der Waals surface area (Å²) in [6.07, 6.45) is -0.683. The van der Waals surface area contributed by atoms with Gasteiger partial charge in [0.25, 0.3) is 0 Å². The summed E-state index contributed by atoms with van der Waals surface area (Å²) in [6, 6.07) is 29.2. The molecule has 0 aliphatic carbocycles. The van der Waals surface area contributed by atoms with Crippen LogP contribution in [-0.4, -0.2) is 57.0 Å². The maximum Gasteiger partial charge on any atom is 0.206 e. The Balaban J connectivity index is 1.33. The molecule has 0 saturated carbocycles. The Kier molecular flexibility index (Phi) is 7.43. The summed E-state index contributed by atoms with van der Waals surface area (Å²) in [5.74, 6) is -7.81. The van der Waals surface area contributed by atoms with E-state index in [9.17, 15) is 40.9 Å². The van der Waals surface area contributed by atoms with Crippen LogP contribution in [0.5, 0.6) is 46.0 Å². The van der Waals surface area contributed by atoms with E-state index in [1.54, 1.807) is 12.1 Å². The number of aromatic nitrogens is 1. The van der Waals surface area contributed by atoms with Gasteiger partial charge in [0.2, 0.25) is 23.0 Å². The normalized spacial score (nSPS) is 13.1. The molecule has 53 heavy (non-hydrogen) atoms. The van der Waals surface area contributed by atoms with Crippen molar-refractivity contribution in [3.8, 4) is 51.7 Å². The van der Waals surface area contributed by atoms with Gasteiger partial charge < -0.3 is 55.6 Å². The molecule has 10 N–H and O–H groups in total. The number of hydrogen-bond donors (Lipinski definition) is 9. The van der Waals surface area contributed by atoms with Crippen molar-refractivity contribution < 1.29 is 45.3 Å². The van der Waals surface area contributed by atoms with Gasteiger partial charge in [0.05, 0.1) is 10.8 Å². The molecule has 2 heterocycles. The molecule has 2 aromatic heterocycles. The second-order valence-electron chi connectivity index (χ2n) is 12.4. The average molecular weight is 711 g/mol. The lowest BCUT2D eigenvalue weighted by atomic mass is 10.1. The van der Waals surface area contributed by atoms with Gasteiger partial charge in [-0.1, -0.05) is 72.8 Å². The Morgan fingerprint density at radius 2 is 1.17 bits per heavy atom. The number of furan rings is 1. The summed E-state index contributed by atoms with van der Waals surface area (Å²) in [5, 5.41) is 86.0. The number of amidine groups is 1. The second-order valence-corrected chi connectivity index (χ2v) is 12.4. The maximum atomic E-state index is 11.1. The van der Waals surface area contributed by atoms with E-state index in [1.807, 2.05) is 85.8 Å². The fourth-order valence-corrected chi connectivity index (χ4v) is 6.73. The fraction of sp³-hybridized carbons (Fsp3) is 0.0500. The number of nitrogens with zero attached hydrogens (tertiary/aromatic N) is 3. The van der Waals surface area contributed by atoms with Gasteiger partial charge in [-0.25, -0.2) is 4.99 Å². The highest BCUT2D eigenvalue weighted by atomic mass is 16.4. The number of para-hydroxylation sites is 1. The number of nitrogens with two attached hydrogens (primary N) is 1. The van der Waals surface area contributed by atoms with Gasteiger partial charge in [-0.2, -0.15) is 0 Å². The first kappa shape index (κ1) is 32.7. The number of benzene rings is 6. The van der Waals surface area contributed by atoms with Crippen molar-refractivity contribution in [3.63, 3.8) is 0 Å². The molecule has 0 aliphatic rings. The molecule has 13 heteroatoms. The minimum Gasteiger partial charge on any atom is -0.504 e. The van der Waals surface area contributed by atoms with Crippen molar-refractivity contribution in [2.24, 2.45) is 15.7 Å². The van der Waals surface area contributed by atoms with E-state index < -0.39 is 62.9 Å². The maximum absolute atomic E-state index is 11.1. The quantitative estimate of drug-likeness (QED) is 0.0363. The van der Waals surface area contributed by atoms with Crippen LogP contribution >= 0.6 is 0 Å². The highest BCUT2D eigenvalue weighted by Crippen LogP contribution is 2.59. The van der Waals surface area contributed by atoms with Crippen molar-refractivity contribution in [1.82, 2.24) is 4.57 Å². The first-order chi connectivity index (χ1) is 25.5. The minimum atomic E-state index is -1.11. The first-order valence-electron chi connectivity index (χ1n) is 16.2. The molecule has 6 aromatic carbocycles. The largest absolute Gasteiger partial charge is 0.504 e. The van der Waals surface area contributed by atoms with E-state index in [0.29, 0.717) is 39.0 Å². The molecule has 0 aliphatic heterocycles. The van der Waals surface area contributed by atoms with Crippen molar-refractivity contribution in [2.45, 2.75) is 13.1 Å². The van der Waals surface area contributed by atoms with Crippen LogP contribution in [-0.2, 0) is 0 Å². The standard InChI is InChI=1S/C40H30N4O9/c1-18(42-40(20-11-6-3-7-12-20)43-39(41)19-9-4-2-5-10-19)22-13-8-14-23-24-17-21(15-16-25(24)53-38(22)23)44-28-26(30(45)34(49)36(51)32(28)47)27-29(44)33(48)37(52)35(50)31(27)46/h2-17,40,45-52H,1H3,(H2,41,43). The molecule has 1 atom stereocenters. The van der Waals surface area contributed by atoms with E-state index >= 15 is 0 Å². The number of aliphatic imine (C=N–C) groups is 2. The number of phenolic OH excluding ortho intramolecular Hbond substituents is 8. The predicted octanol–water partition coefficient (Wildman–Crippen LogP) is 7.24. The van der Waals surface area contributed by atoms with Crippen molar-refractivity contribution in [1.29, 1.82) is 0 Å². The smallest absolute Gasteiger partial charge is 0.206 e. The molecular weight excluding hydrogens is 680 g/mol. The average Bonchev–Trinajstić information content (AvgIpc) is 3.74. The van der Waals surface area contributed by atoms with Crippen LogP contribution in [0, 0.1) is 0 Å². The number of aromatic hydroxyl groups is 8. The molecule has 0 fully saturated rings. The zero-order chi connectivity index (χ0) is 37.3. The minimum absolute atomic E-state index is 0.199. The Labute approximate surface area is 298 Å². The molecule has 0 saturated heterocycles. The fourth-order valence-electron chi connectivity index (χ4n) is 6.73. The monoisotopic (exact) mass is 710 g/mol. The van der Waals surface area contributed by atoms with Gasteiger partial charge in [0, 0.05) is 33.3 Å². The van der Waals surface area contributed by atoms with Crippen LogP contribution in [0.2, 0.25) is 0 Å². The molecule has 1 unspecified atom stereocenters. The highest BCUT2D eigenvalue weighted by molar-refractivity contribution is 6.21. The zero-order valence-corrected chi connectivity index (χ0v) is 27.7. The van der Waals surface area contributed by atoms with Crippen LogP contribution in [0.3, 0.4) is 0 Å². The van der Waals surface area contributed by atoms with Gasteiger partial charge >= 0.3 is 0 Å². The highest BCUT2D eigenvalue weighted by Gasteiger charge is 2.32. The molecule has 0 amide bonds. The number of phenols is 8. The molecule has 8 rings (SSSR count). The van der Waals surface area contributed by atoms with Gasteiger partial charge in [-0.3, -0.25) is 4.99 Å². The topological polar surface area (TPSA) is 231 Å². The van der Waals surface area contributed by atoms with Gasteiger partial charge in [-0.15, -0.1) is 0 Å². The molecular formula is C40H30N4O9. The van der Waals surface area contributed by atoms with Crippen molar-refractivity contribution >= 4 is 55.3 Å². The van der Waals surface area contributed by atoms with E-state index in [4.69, 9.17) is 20.1 Å². The Morgan fingerprint density at radius 3 is 1.77 bits per heavy atom. The number of hydrogen-bond acceptors (Lipinski definition) is 11. The lowest BCUT2D eigenvalue weighted by molar-refractivity contribution is 0.350. The van der Waals surface area contributed by atoms with Crippen molar-refractivity contribution in [3.05, 3.63) is 114 Å². The Morgan fingerprint density at radius 1 is 0.604 bits per heavy atom. The van der Waals surface area contributed by atoms with Crippen LogP contribution in [0.1, 0.15) is 29.8 Å². The summed E-state index contributed by atoms with van der Waals surface area (Å²) >= 11 is 0. The summed E-state index contributed by atoms with van der Waals surface area (Å²) in [6.45, 7) is 1.84. The van der Waals surface area contributed by atoms with Crippen LogP contribution in [0.25, 0.3) is 49.4 Å². The summed E-state index contributed by atoms with van der Waals surface area (Å²) in [5.41, 5.74) is 9.67. The van der Waals surface area contributed by atoms with Crippen LogP contribution in [0.15, 0.2) is 111 Å². The molecule has 0 radical (unpaired) electrons. The van der Waals surface area contributed by atoms with E-state index in [0.717, 1.165) is 15.7 Å². The van der Waals surface area contributed by atoms with Gasteiger partial charge in [0.1, 0.15) is 28.0 Å². The third-order valence-corrected chi connectivity index (χ3v) is 9.31. The van der Waals surface area contributed by atoms with Gasteiger partial charge in [-0.05, 0) is 36.8 Å². The molecule has 8 aromatic rings. The number of rotatable bonds is 6. The van der Waals surface area contributed by atoms with E-state index in [-0.39, 0.29) is 16.7 Å². The zero-order valence-electron chi connectivity index (χ0n) is 27.7. The van der Waals surface area contributed by atoms with E-state index in [2.05, 4.69) is 0 Å². The van der Waals surface area contributed by atoms with Crippen LogP contribution < -0.4 is 5.73 Å². The molecule has 13 nitrogen and oxygen atoms in total. The lowest BCUT2D eigenvalue weighted by Crippen LogP contribution is -2.15. The second kappa shape index (κ2) is 12.1. The molecule has 0 spiro atoms. The van der Waals surface area contributed by atoms with Crippen molar-refractivity contribution in [2.75, 3.05) is 0 Å². The SMILES string of the molecule is CC(=NC(N=C(N)c1ccccc1)c1ccccc1)c1cccc2c1oc1ccc(-n3c4c(O)c(O)c(O)c(O)c4c4c(O)c(O)c(O)c(O)c43)cc12. The Hall–Kier alpha value is -7.54. The summed E-state index contributed by atoms with van der Waals surface area (Å²) < 4.78 is 7.52. The third-order valence-electron chi connectivity index (χ3n) is 9.31. The summed E-state index contributed by atoms with van der Waals surface area (Å²) in [4.78, 5) is 9.76. The Bertz CT molecular complexity index is 2770. The molecule has 264 valence electrons. The van der Waals surface area contributed by atoms with E-state index in [1.165, 1.54) is 6.07 Å². The predicted molar refractivity (Wildman–Crippen MR) is 200 cm³/mol. The summed E-state index contributed by atoms with van der Waals surface area (Å²) in [7, 11) is 0. The third kappa shape index (κ3) is 4.93. The van der Waals surface area contributed by atoms with Gasteiger partial charge in [0.15, 0.2) is 29.2 Å².